The van der Waals surface area contributed by atoms with Crippen LogP contribution in [-0.4, -0.2) is 35.7 Å². The Morgan fingerprint density at radius 2 is 2.04 bits per heavy atom. The minimum Gasteiger partial charge on any atom is -0.444 e. The number of rotatable bonds is 5. The zero-order valence-electron chi connectivity index (χ0n) is 14.3. The van der Waals surface area contributed by atoms with Crippen LogP contribution in [0.2, 0.25) is 5.02 Å². The molecule has 0 aliphatic carbocycles. The highest BCUT2D eigenvalue weighted by molar-refractivity contribution is 6.30. The van der Waals surface area contributed by atoms with Crippen molar-refractivity contribution in [2.75, 3.05) is 13.1 Å². The SMILES string of the molecule is CC(C)(C)OC(=O)N1CCCC1CCNCc1ccc(Cl)cc1. The van der Waals surface area contributed by atoms with Crippen LogP contribution in [0.25, 0.3) is 0 Å². The average molecular weight is 339 g/mol. The van der Waals surface area contributed by atoms with Gasteiger partial charge in [-0.2, -0.15) is 0 Å². The second-order valence-electron chi connectivity index (χ2n) is 7.06. The van der Waals surface area contributed by atoms with Gasteiger partial charge in [-0.15, -0.1) is 0 Å². The molecular weight excluding hydrogens is 312 g/mol. The molecule has 1 aromatic carbocycles. The van der Waals surface area contributed by atoms with Crippen LogP contribution >= 0.6 is 11.6 Å². The summed E-state index contributed by atoms with van der Waals surface area (Å²) >= 11 is 5.88. The van der Waals surface area contributed by atoms with Crippen molar-refractivity contribution in [2.45, 2.75) is 58.2 Å². The largest absolute Gasteiger partial charge is 0.444 e. The van der Waals surface area contributed by atoms with Gasteiger partial charge in [0.05, 0.1) is 0 Å². The van der Waals surface area contributed by atoms with Gasteiger partial charge >= 0.3 is 6.09 Å². The van der Waals surface area contributed by atoms with Crippen molar-refractivity contribution in [3.05, 3.63) is 34.9 Å². The monoisotopic (exact) mass is 338 g/mol. The van der Waals surface area contributed by atoms with Crippen LogP contribution in [0, 0.1) is 0 Å². The normalized spacial score (nSPS) is 18.3. The van der Waals surface area contributed by atoms with Crippen LogP contribution in [-0.2, 0) is 11.3 Å². The van der Waals surface area contributed by atoms with Crippen LogP contribution in [0.5, 0.6) is 0 Å². The summed E-state index contributed by atoms with van der Waals surface area (Å²) in [5, 5.41) is 4.19. The highest BCUT2D eigenvalue weighted by Gasteiger charge is 2.31. The van der Waals surface area contributed by atoms with Gasteiger partial charge in [-0.05, 0) is 64.3 Å². The van der Waals surface area contributed by atoms with E-state index < -0.39 is 5.60 Å². The van der Waals surface area contributed by atoms with Crippen molar-refractivity contribution < 1.29 is 9.53 Å². The number of ether oxygens (including phenoxy) is 1. The second kappa shape index (κ2) is 8.02. The van der Waals surface area contributed by atoms with Gasteiger partial charge in [-0.3, -0.25) is 0 Å². The summed E-state index contributed by atoms with van der Waals surface area (Å²) in [6.45, 7) is 8.22. The minimum atomic E-state index is -0.433. The fraction of sp³-hybridized carbons (Fsp3) is 0.611. The number of benzene rings is 1. The van der Waals surface area contributed by atoms with Crippen molar-refractivity contribution in [3.8, 4) is 0 Å². The summed E-state index contributed by atoms with van der Waals surface area (Å²) in [6.07, 6.45) is 2.88. The third-order valence-electron chi connectivity index (χ3n) is 3.90. The molecule has 0 bridgehead atoms. The number of carbonyl (C=O) groups is 1. The van der Waals surface area contributed by atoms with Gasteiger partial charge in [0.1, 0.15) is 5.60 Å². The molecule has 2 rings (SSSR count). The first-order valence-electron chi connectivity index (χ1n) is 8.30. The molecule has 0 aromatic heterocycles. The third kappa shape index (κ3) is 6.04. The smallest absolute Gasteiger partial charge is 0.410 e. The first-order chi connectivity index (χ1) is 10.8. The zero-order valence-corrected chi connectivity index (χ0v) is 15.0. The fourth-order valence-corrected chi connectivity index (χ4v) is 2.93. The molecule has 1 saturated heterocycles. The molecule has 1 amide bonds. The van der Waals surface area contributed by atoms with E-state index in [0.29, 0.717) is 0 Å². The van der Waals surface area contributed by atoms with Crippen molar-refractivity contribution in [2.24, 2.45) is 0 Å². The Balaban J connectivity index is 1.73. The molecule has 0 saturated carbocycles. The standard InChI is InChI=1S/C18H27ClN2O2/c1-18(2,3)23-17(22)21-12-4-5-16(21)10-11-20-13-14-6-8-15(19)9-7-14/h6-9,16,20H,4-5,10-13H2,1-3H3. The van der Waals surface area contributed by atoms with Crippen molar-refractivity contribution in [1.82, 2.24) is 10.2 Å². The van der Waals surface area contributed by atoms with Gasteiger partial charge in [0.2, 0.25) is 0 Å². The fourth-order valence-electron chi connectivity index (χ4n) is 2.80. The van der Waals surface area contributed by atoms with Gasteiger partial charge in [0.25, 0.3) is 0 Å². The third-order valence-corrected chi connectivity index (χ3v) is 4.15. The number of nitrogens with zero attached hydrogens (tertiary/aromatic N) is 1. The summed E-state index contributed by atoms with van der Waals surface area (Å²) in [5.41, 5.74) is 0.779. The highest BCUT2D eigenvalue weighted by Crippen LogP contribution is 2.22. The van der Waals surface area contributed by atoms with E-state index in [9.17, 15) is 4.79 Å². The first kappa shape index (κ1) is 18.1. The molecule has 1 fully saturated rings. The molecular formula is C18H27ClN2O2. The lowest BCUT2D eigenvalue weighted by Crippen LogP contribution is -2.40. The molecule has 1 unspecified atom stereocenters. The maximum atomic E-state index is 12.2. The highest BCUT2D eigenvalue weighted by atomic mass is 35.5. The number of carbonyl (C=O) groups excluding carboxylic acids is 1. The molecule has 4 nitrogen and oxygen atoms in total. The predicted octanol–water partition coefficient (Wildman–Crippen LogP) is 4.22. The Morgan fingerprint density at radius 1 is 1.35 bits per heavy atom. The molecule has 1 aliphatic rings. The van der Waals surface area contributed by atoms with E-state index in [1.54, 1.807) is 0 Å². The molecule has 1 aromatic rings. The van der Waals surface area contributed by atoms with Gasteiger partial charge in [0, 0.05) is 24.2 Å². The first-order valence-corrected chi connectivity index (χ1v) is 8.68. The van der Waals surface area contributed by atoms with Gasteiger partial charge in [0.15, 0.2) is 0 Å². The van der Waals surface area contributed by atoms with E-state index in [4.69, 9.17) is 16.3 Å². The van der Waals surface area contributed by atoms with Crippen LogP contribution in [0.4, 0.5) is 4.79 Å². The quantitative estimate of drug-likeness (QED) is 0.817. The Hall–Kier alpha value is -1.26. The summed E-state index contributed by atoms with van der Waals surface area (Å²) in [4.78, 5) is 14.1. The molecule has 23 heavy (non-hydrogen) atoms. The Bertz CT molecular complexity index is 511. The molecule has 5 heteroatoms. The van der Waals surface area contributed by atoms with Crippen LogP contribution in [0.3, 0.4) is 0 Å². The molecule has 128 valence electrons. The van der Waals surface area contributed by atoms with E-state index in [1.807, 2.05) is 49.9 Å². The average Bonchev–Trinajstić information content (AvgIpc) is 2.92. The molecule has 0 radical (unpaired) electrons. The Kier molecular flexibility index (Phi) is 6.31. The topological polar surface area (TPSA) is 41.6 Å². The summed E-state index contributed by atoms with van der Waals surface area (Å²) in [6, 6.07) is 8.14. The lowest BCUT2D eigenvalue weighted by molar-refractivity contribution is 0.0220. The van der Waals surface area contributed by atoms with Gasteiger partial charge < -0.3 is 15.0 Å². The number of hydrogen-bond donors (Lipinski definition) is 1. The van der Waals surface area contributed by atoms with Crippen LogP contribution in [0.1, 0.15) is 45.6 Å². The summed E-state index contributed by atoms with van der Waals surface area (Å²) in [5.74, 6) is 0. The number of nitrogens with one attached hydrogen (secondary N) is 1. The maximum absolute atomic E-state index is 12.2. The summed E-state index contributed by atoms with van der Waals surface area (Å²) < 4.78 is 5.49. The number of halogens is 1. The Labute approximate surface area is 144 Å². The second-order valence-corrected chi connectivity index (χ2v) is 7.50. The molecule has 1 atom stereocenters. The molecule has 1 aliphatic heterocycles. The van der Waals surface area contributed by atoms with Gasteiger partial charge in [-0.1, -0.05) is 23.7 Å². The molecule has 1 N–H and O–H groups in total. The maximum Gasteiger partial charge on any atom is 0.410 e. The summed E-state index contributed by atoms with van der Waals surface area (Å²) in [7, 11) is 0. The lowest BCUT2D eigenvalue weighted by Gasteiger charge is -2.28. The minimum absolute atomic E-state index is 0.183. The van der Waals surface area contributed by atoms with E-state index in [1.165, 1.54) is 5.56 Å². The predicted molar refractivity (Wildman–Crippen MR) is 93.7 cm³/mol. The Morgan fingerprint density at radius 3 is 2.70 bits per heavy atom. The van der Waals surface area contributed by atoms with Crippen molar-refractivity contribution in [1.29, 1.82) is 0 Å². The number of hydrogen-bond acceptors (Lipinski definition) is 3. The number of likely N-dealkylation sites (tertiary alicyclic amines) is 1. The van der Waals surface area contributed by atoms with Crippen molar-refractivity contribution in [3.63, 3.8) is 0 Å². The van der Waals surface area contributed by atoms with Crippen LogP contribution in [0.15, 0.2) is 24.3 Å². The van der Waals surface area contributed by atoms with E-state index in [2.05, 4.69) is 5.32 Å². The van der Waals surface area contributed by atoms with Crippen LogP contribution < -0.4 is 5.32 Å². The van der Waals surface area contributed by atoms with E-state index in [-0.39, 0.29) is 12.1 Å². The van der Waals surface area contributed by atoms with E-state index >= 15 is 0 Å². The molecule has 1 heterocycles. The van der Waals surface area contributed by atoms with Crippen molar-refractivity contribution >= 4 is 17.7 Å². The molecule has 0 spiro atoms. The number of amides is 1. The lowest BCUT2D eigenvalue weighted by atomic mass is 10.1. The van der Waals surface area contributed by atoms with Gasteiger partial charge in [-0.25, -0.2) is 4.79 Å². The zero-order chi connectivity index (χ0) is 16.9. The van der Waals surface area contributed by atoms with E-state index in [0.717, 1.165) is 43.9 Å².